The Hall–Kier alpha value is -1.22. The SMILES string of the molecule is CCOc1ccc(N2CCC3(CCNC3)C2)cc1. The summed E-state index contributed by atoms with van der Waals surface area (Å²) in [5.74, 6) is 0.970. The van der Waals surface area contributed by atoms with Gasteiger partial charge >= 0.3 is 0 Å². The van der Waals surface area contributed by atoms with E-state index in [0.29, 0.717) is 5.41 Å². The molecular weight excluding hydrogens is 224 g/mol. The van der Waals surface area contributed by atoms with Gasteiger partial charge < -0.3 is 15.0 Å². The van der Waals surface area contributed by atoms with Crippen molar-refractivity contribution in [3.8, 4) is 5.75 Å². The molecule has 0 aromatic heterocycles. The second kappa shape index (κ2) is 4.81. The van der Waals surface area contributed by atoms with Crippen LogP contribution in [0.2, 0.25) is 0 Å². The van der Waals surface area contributed by atoms with Gasteiger partial charge in [0.05, 0.1) is 6.61 Å². The molecule has 1 spiro atoms. The van der Waals surface area contributed by atoms with E-state index in [9.17, 15) is 0 Å². The third-order valence-electron chi connectivity index (χ3n) is 4.28. The third kappa shape index (κ3) is 2.19. The Kier molecular flexibility index (Phi) is 3.16. The van der Waals surface area contributed by atoms with Crippen LogP contribution in [0.1, 0.15) is 19.8 Å². The molecule has 0 radical (unpaired) electrons. The summed E-state index contributed by atoms with van der Waals surface area (Å²) in [5, 5.41) is 3.51. The molecule has 1 unspecified atom stereocenters. The normalized spacial score (nSPS) is 27.1. The van der Waals surface area contributed by atoms with Crippen LogP contribution in [0.5, 0.6) is 5.75 Å². The Morgan fingerprint density at radius 3 is 2.78 bits per heavy atom. The lowest BCUT2D eigenvalue weighted by molar-refractivity contribution is 0.340. The van der Waals surface area contributed by atoms with Crippen molar-refractivity contribution >= 4 is 5.69 Å². The molecule has 18 heavy (non-hydrogen) atoms. The summed E-state index contributed by atoms with van der Waals surface area (Å²) >= 11 is 0. The monoisotopic (exact) mass is 246 g/mol. The van der Waals surface area contributed by atoms with Gasteiger partial charge in [0.15, 0.2) is 0 Å². The fourth-order valence-electron chi connectivity index (χ4n) is 3.22. The molecule has 3 heteroatoms. The topological polar surface area (TPSA) is 24.5 Å². The molecule has 1 N–H and O–H groups in total. The van der Waals surface area contributed by atoms with E-state index < -0.39 is 0 Å². The van der Waals surface area contributed by atoms with Gasteiger partial charge in [0.25, 0.3) is 0 Å². The zero-order valence-corrected chi connectivity index (χ0v) is 11.1. The second-order valence-corrected chi connectivity index (χ2v) is 5.53. The van der Waals surface area contributed by atoms with E-state index in [1.807, 2.05) is 6.92 Å². The van der Waals surface area contributed by atoms with Crippen molar-refractivity contribution in [1.29, 1.82) is 0 Å². The van der Waals surface area contributed by atoms with E-state index in [1.165, 1.54) is 44.7 Å². The van der Waals surface area contributed by atoms with E-state index in [0.717, 1.165) is 12.4 Å². The average molecular weight is 246 g/mol. The first-order valence-electron chi connectivity index (χ1n) is 7.00. The molecule has 2 saturated heterocycles. The lowest BCUT2D eigenvalue weighted by Gasteiger charge is -2.24. The molecule has 0 amide bonds. The molecule has 2 fully saturated rings. The van der Waals surface area contributed by atoms with Crippen LogP contribution in [0.15, 0.2) is 24.3 Å². The highest BCUT2D eigenvalue weighted by Crippen LogP contribution is 2.38. The van der Waals surface area contributed by atoms with Gasteiger partial charge in [-0.2, -0.15) is 0 Å². The fourth-order valence-corrected chi connectivity index (χ4v) is 3.22. The molecule has 98 valence electrons. The maximum Gasteiger partial charge on any atom is 0.119 e. The summed E-state index contributed by atoms with van der Waals surface area (Å²) in [6.45, 7) is 7.53. The smallest absolute Gasteiger partial charge is 0.119 e. The van der Waals surface area contributed by atoms with Gasteiger partial charge in [-0.15, -0.1) is 0 Å². The highest BCUT2D eigenvalue weighted by atomic mass is 16.5. The number of anilines is 1. The highest BCUT2D eigenvalue weighted by Gasteiger charge is 2.40. The number of hydrogen-bond acceptors (Lipinski definition) is 3. The van der Waals surface area contributed by atoms with Gasteiger partial charge in [0.1, 0.15) is 5.75 Å². The van der Waals surface area contributed by atoms with Crippen molar-refractivity contribution in [2.75, 3.05) is 37.7 Å². The van der Waals surface area contributed by atoms with Gasteiger partial charge in [-0.1, -0.05) is 0 Å². The Balaban J connectivity index is 1.68. The standard InChI is InChI=1S/C15H22N2O/c1-2-18-14-5-3-13(4-6-14)17-10-8-15(12-17)7-9-16-11-15/h3-6,16H,2,7-12H2,1H3. The number of rotatable bonds is 3. The molecular formula is C15H22N2O. The number of ether oxygens (including phenoxy) is 1. The van der Waals surface area contributed by atoms with Crippen LogP contribution >= 0.6 is 0 Å². The van der Waals surface area contributed by atoms with Gasteiger partial charge in [-0.25, -0.2) is 0 Å². The molecule has 2 aliphatic heterocycles. The average Bonchev–Trinajstić information content (AvgIpc) is 3.02. The quantitative estimate of drug-likeness (QED) is 0.885. The summed E-state index contributed by atoms with van der Waals surface area (Å²) in [5.41, 5.74) is 1.88. The van der Waals surface area contributed by atoms with Crippen molar-refractivity contribution < 1.29 is 4.74 Å². The van der Waals surface area contributed by atoms with Crippen molar-refractivity contribution in [2.45, 2.75) is 19.8 Å². The molecule has 0 aliphatic carbocycles. The van der Waals surface area contributed by atoms with Crippen LogP contribution in [0.4, 0.5) is 5.69 Å². The molecule has 2 heterocycles. The van der Waals surface area contributed by atoms with Gasteiger partial charge in [-0.05, 0) is 50.6 Å². The first-order chi connectivity index (χ1) is 8.81. The van der Waals surface area contributed by atoms with Gasteiger partial charge in [-0.3, -0.25) is 0 Å². The minimum absolute atomic E-state index is 0.540. The number of benzene rings is 1. The van der Waals surface area contributed by atoms with E-state index in [4.69, 9.17) is 4.74 Å². The largest absolute Gasteiger partial charge is 0.494 e. The third-order valence-corrected chi connectivity index (χ3v) is 4.28. The maximum absolute atomic E-state index is 5.49. The van der Waals surface area contributed by atoms with E-state index in [-0.39, 0.29) is 0 Å². The predicted octanol–water partition coefficient (Wildman–Crippen LogP) is 2.28. The zero-order chi connectivity index (χ0) is 12.4. The Bertz CT molecular complexity index is 395. The molecule has 1 atom stereocenters. The summed E-state index contributed by atoms with van der Waals surface area (Å²) in [6, 6.07) is 8.53. The minimum Gasteiger partial charge on any atom is -0.494 e. The Morgan fingerprint density at radius 2 is 2.11 bits per heavy atom. The number of nitrogens with zero attached hydrogens (tertiary/aromatic N) is 1. The summed E-state index contributed by atoms with van der Waals surface area (Å²) in [6.07, 6.45) is 2.66. The molecule has 1 aromatic rings. The first kappa shape index (κ1) is 11.8. The van der Waals surface area contributed by atoms with Crippen LogP contribution in [0.3, 0.4) is 0 Å². The van der Waals surface area contributed by atoms with Crippen LogP contribution in [-0.2, 0) is 0 Å². The molecule has 3 rings (SSSR count). The first-order valence-corrected chi connectivity index (χ1v) is 7.00. The lowest BCUT2D eigenvalue weighted by atomic mass is 9.86. The molecule has 2 aliphatic rings. The van der Waals surface area contributed by atoms with Gasteiger partial charge in [0, 0.05) is 30.7 Å². The number of hydrogen-bond donors (Lipinski definition) is 1. The fraction of sp³-hybridized carbons (Fsp3) is 0.600. The lowest BCUT2D eigenvalue weighted by Crippen LogP contribution is -2.29. The van der Waals surface area contributed by atoms with Crippen LogP contribution in [-0.4, -0.2) is 32.8 Å². The van der Waals surface area contributed by atoms with Crippen molar-refractivity contribution in [1.82, 2.24) is 5.32 Å². The summed E-state index contributed by atoms with van der Waals surface area (Å²) in [7, 11) is 0. The number of nitrogens with one attached hydrogen (secondary N) is 1. The Morgan fingerprint density at radius 1 is 1.28 bits per heavy atom. The van der Waals surface area contributed by atoms with Crippen LogP contribution < -0.4 is 15.0 Å². The van der Waals surface area contributed by atoms with E-state index in [1.54, 1.807) is 0 Å². The molecule has 0 saturated carbocycles. The van der Waals surface area contributed by atoms with Crippen molar-refractivity contribution in [2.24, 2.45) is 5.41 Å². The van der Waals surface area contributed by atoms with Gasteiger partial charge in [0.2, 0.25) is 0 Å². The van der Waals surface area contributed by atoms with E-state index in [2.05, 4.69) is 34.5 Å². The Labute approximate surface area is 109 Å². The van der Waals surface area contributed by atoms with Crippen molar-refractivity contribution in [3.05, 3.63) is 24.3 Å². The zero-order valence-electron chi connectivity index (χ0n) is 11.1. The summed E-state index contributed by atoms with van der Waals surface area (Å²) in [4.78, 5) is 2.52. The second-order valence-electron chi connectivity index (χ2n) is 5.53. The van der Waals surface area contributed by atoms with E-state index >= 15 is 0 Å². The molecule has 3 nitrogen and oxygen atoms in total. The summed E-state index contributed by atoms with van der Waals surface area (Å²) < 4.78 is 5.49. The molecule has 1 aromatic carbocycles. The minimum atomic E-state index is 0.540. The predicted molar refractivity (Wildman–Crippen MR) is 74.4 cm³/mol. The molecule has 0 bridgehead atoms. The highest BCUT2D eigenvalue weighted by molar-refractivity contribution is 5.50. The maximum atomic E-state index is 5.49. The van der Waals surface area contributed by atoms with Crippen molar-refractivity contribution in [3.63, 3.8) is 0 Å². The van der Waals surface area contributed by atoms with Crippen LogP contribution in [0.25, 0.3) is 0 Å². The van der Waals surface area contributed by atoms with Crippen LogP contribution in [0, 0.1) is 5.41 Å².